The van der Waals surface area contributed by atoms with Crippen LogP contribution in [-0.4, -0.2) is 45.9 Å². The summed E-state index contributed by atoms with van der Waals surface area (Å²) in [5.74, 6) is -0.834. The van der Waals surface area contributed by atoms with Crippen LogP contribution in [0, 0.1) is 6.92 Å². The van der Waals surface area contributed by atoms with E-state index in [2.05, 4.69) is 10.1 Å². The molecule has 0 unspecified atom stereocenters. The smallest absolute Gasteiger partial charge is 0.339 e. The molecule has 1 aromatic rings. The van der Waals surface area contributed by atoms with Gasteiger partial charge in [-0.25, -0.2) is 4.79 Å². The third kappa shape index (κ3) is 4.99. The van der Waals surface area contributed by atoms with Crippen LogP contribution in [0.15, 0.2) is 18.2 Å². The normalized spacial score (nSPS) is 10.2. The second kappa shape index (κ2) is 8.29. The number of amides is 1. The van der Waals surface area contributed by atoms with Gasteiger partial charge in [0.1, 0.15) is 6.61 Å². The molecule has 20 heavy (non-hydrogen) atoms. The van der Waals surface area contributed by atoms with E-state index < -0.39 is 5.97 Å². The molecule has 0 aliphatic heterocycles. The molecule has 1 amide bonds. The maximum atomic E-state index is 11.7. The molecule has 0 aromatic heterocycles. The van der Waals surface area contributed by atoms with Gasteiger partial charge in [0.15, 0.2) is 0 Å². The largest absolute Gasteiger partial charge is 0.465 e. The van der Waals surface area contributed by atoms with Crippen molar-refractivity contribution in [2.24, 2.45) is 0 Å². The van der Waals surface area contributed by atoms with Gasteiger partial charge in [-0.2, -0.15) is 0 Å². The highest BCUT2D eigenvalue weighted by atomic mass is 16.5. The number of esters is 1. The molecule has 0 fully saturated rings. The highest BCUT2D eigenvalue weighted by Gasteiger charge is 2.14. The van der Waals surface area contributed by atoms with Gasteiger partial charge in [0, 0.05) is 7.11 Å². The van der Waals surface area contributed by atoms with Gasteiger partial charge in [0.25, 0.3) is 0 Å². The summed E-state index contributed by atoms with van der Waals surface area (Å²) in [7, 11) is 2.85. The number of rotatable bonds is 7. The monoisotopic (exact) mass is 281 g/mol. The van der Waals surface area contributed by atoms with Crippen LogP contribution in [0.1, 0.15) is 15.9 Å². The summed E-state index contributed by atoms with van der Waals surface area (Å²) >= 11 is 0. The van der Waals surface area contributed by atoms with Crippen LogP contribution in [0.4, 0.5) is 5.69 Å². The van der Waals surface area contributed by atoms with E-state index in [9.17, 15) is 9.59 Å². The van der Waals surface area contributed by atoms with Gasteiger partial charge in [-0.05, 0) is 19.1 Å². The van der Waals surface area contributed by atoms with Gasteiger partial charge in [-0.3, -0.25) is 4.79 Å². The van der Waals surface area contributed by atoms with Crippen LogP contribution in [0.3, 0.4) is 0 Å². The van der Waals surface area contributed by atoms with Crippen LogP contribution in [0.2, 0.25) is 0 Å². The first-order chi connectivity index (χ1) is 9.58. The van der Waals surface area contributed by atoms with E-state index >= 15 is 0 Å². The van der Waals surface area contributed by atoms with E-state index in [4.69, 9.17) is 9.47 Å². The number of carbonyl (C=O) groups is 2. The molecule has 0 saturated carbocycles. The van der Waals surface area contributed by atoms with Crippen molar-refractivity contribution in [1.29, 1.82) is 0 Å². The number of ether oxygens (including phenoxy) is 3. The molecule has 6 nitrogen and oxygen atoms in total. The van der Waals surface area contributed by atoms with Crippen molar-refractivity contribution in [1.82, 2.24) is 0 Å². The fraction of sp³-hybridized carbons (Fsp3) is 0.429. The second-order valence-corrected chi connectivity index (χ2v) is 4.13. The number of hydrogen-bond acceptors (Lipinski definition) is 5. The minimum Gasteiger partial charge on any atom is -0.465 e. The average molecular weight is 281 g/mol. The molecule has 1 aromatic carbocycles. The van der Waals surface area contributed by atoms with E-state index in [0.29, 0.717) is 24.5 Å². The molecule has 0 spiro atoms. The number of anilines is 1. The summed E-state index contributed by atoms with van der Waals surface area (Å²) in [5.41, 5.74) is 1.63. The number of nitrogens with one attached hydrogen (secondary N) is 1. The number of aryl methyl sites for hydroxylation is 1. The number of methoxy groups -OCH3 is 2. The second-order valence-electron chi connectivity index (χ2n) is 4.13. The third-order valence-corrected chi connectivity index (χ3v) is 2.52. The Morgan fingerprint density at radius 1 is 1.20 bits per heavy atom. The van der Waals surface area contributed by atoms with Crippen molar-refractivity contribution in [2.75, 3.05) is 39.4 Å². The lowest BCUT2D eigenvalue weighted by molar-refractivity contribution is -0.121. The van der Waals surface area contributed by atoms with Gasteiger partial charge < -0.3 is 19.5 Å². The zero-order valence-electron chi connectivity index (χ0n) is 11.9. The molecule has 0 heterocycles. The first-order valence-electron chi connectivity index (χ1n) is 6.14. The van der Waals surface area contributed by atoms with Crippen LogP contribution >= 0.6 is 0 Å². The quantitative estimate of drug-likeness (QED) is 0.604. The van der Waals surface area contributed by atoms with Crippen LogP contribution in [0.5, 0.6) is 0 Å². The van der Waals surface area contributed by atoms with E-state index in [1.165, 1.54) is 7.11 Å². The lowest BCUT2D eigenvalue weighted by atomic mass is 10.1. The maximum Gasteiger partial charge on any atom is 0.339 e. The van der Waals surface area contributed by atoms with Crippen molar-refractivity contribution in [3.8, 4) is 0 Å². The molecule has 0 aliphatic carbocycles. The Hall–Kier alpha value is -1.92. The fourth-order valence-electron chi connectivity index (χ4n) is 1.54. The highest BCUT2D eigenvalue weighted by molar-refractivity contribution is 6.01. The van der Waals surface area contributed by atoms with E-state index in [1.807, 2.05) is 6.92 Å². The third-order valence-electron chi connectivity index (χ3n) is 2.52. The topological polar surface area (TPSA) is 73.9 Å². The molecule has 0 saturated heterocycles. The van der Waals surface area contributed by atoms with Crippen molar-refractivity contribution < 1.29 is 23.8 Å². The average Bonchev–Trinajstić information content (AvgIpc) is 2.44. The number of benzene rings is 1. The first-order valence-corrected chi connectivity index (χ1v) is 6.14. The van der Waals surface area contributed by atoms with Gasteiger partial charge in [0.2, 0.25) is 5.91 Å². The summed E-state index contributed by atoms with van der Waals surface area (Å²) in [4.78, 5) is 23.3. The van der Waals surface area contributed by atoms with Gasteiger partial charge in [-0.1, -0.05) is 11.6 Å². The van der Waals surface area contributed by atoms with Crippen LogP contribution in [0.25, 0.3) is 0 Å². The van der Waals surface area contributed by atoms with Gasteiger partial charge in [-0.15, -0.1) is 0 Å². The lowest BCUT2D eigenvalue weighted by Crippen LogP contribution is -2.21. The van der Waals surface area contributed by atoms with Crippen molar-refractivity contribution >= 4 is 17.6 Å². The SMILES string of the molecule is COCCOCC(=O)Nc1ccc(C)cc1C(=O)OC. The predicted molar refractivity (Wildman–Crippen MR) is 73.8 cm³/mol. The Morgan fingerprint density at radius 3 is 2.60 bits per heavy atom. The van der Waals surface area contributed by atoms with Crippen LogP contribution in [-0.2, 0) is 19.0 Å². The van der Waals surface area contributed by atoms with Gasteiger partial charge in [0.05, 0.1) is 31.6 Å². The number of hydrogen-bond donors (Lipinski definition) is 1. The molecule has 0 radical (unpaired) electrons. The zero-order valence-corrected chi connectivity index (χ0v) is 11.9. The molecular weight excluding hydrogens is 262 g/mol. The van der Waals surface area contributed by atoms with Crippen molar-refractivity contribution in [3.63, 3.8) is 0 Å². The first kappa shape index (κ1) is 16.1. The van der Waals surface area contributed by atoms with Crippen LogP contribution < -0.4 is 5.32 Å². The zero-order chi connectivity index (χ0) is 15.0. The molecule has 1 N–H and O–H groups in total. The van der Waals surface area contributed by atoms with Crippen molar-refractivity contribution in [2.45, 2.75) is 6.92 Å². The summed E-state index contributed by atoms with van der Waals surface area (Å²) < 4.78 is 14.6. The minimum atomic E-state index is -0.496. The standard InChI is InChI=1S/C14H19NO5/c1-10-4-5-12(11(8-10)14(17)19-3)15-13(16)9-20-7-6-18-2/h4-5,8H,6-7,9H2,1-3H3,(H,15,16). The Labute approximate surface area is 118 Å². The maximum absolute atomic E-state index is 11.7. The summed E-state index contributed by atoms with van der Waals surface area (Å²) in [6, 6.07) is 5.12. The summed E-state index contributed by atoms with van der Waals surface area (Å²) in [6.45, 7) is 2.51. The molecule has 1 rings (SSSR count). The van der Waals surface area contributed by atoms with E-state index in [0.717, 1.165) is 5.56 Å². The minimum absolute atomic E-state index is 0.0994. The van der Waals surface area contributed by atoms with E-state index in [1.54, 1.807) is 25.3 Å². The fourth-order valence-corrected chi connectivity index (χ4v) is 1.54. The Bertz CT molecular complexity index is 473. The molecule has 6 heteroatoms. The Balaban J connectivity index is 2.67. The van der Waals surface area contributed by atoms with E-state index in [-0.39, 0.29) is 12.5 Å². The molecule has 0 atom stereocenters. The molecular formula is C14H19NO5. The lowest BCUT2D eigenvalue weighted by Gasteiger charge is -2.11. The molecule has 0 aliphatic rings. The number of carbonyl (C=O) groups excluding carboxylic acids is 2. The predicted octanol–water partition coefficient (Wildman–Crippen LogP) is 1.38. The van der Waals surface area contributed by atoms with Gasteiger partial charge >= 0.3 is 5.97 Å². The summed E-state index contributed by atoms with van der Waals surface area (Å²) in [5, 5.41) is 2.62. The Kier molecular flexibility index (Phi) is 6.69. The highest BCUT2D eigenvalue weighted by Crippen LogP contribution is 2.18. The Morgan fingerprint density at radius 2 is 1.95 bits per heavy atom. The summed E-state index contributed by atoms with van der Waals surface area (Å²) in [6.07, 6.45) is 0. The molecule has 110 valence electrons. The molecule has 0 bridgehead atoms. The van der Waals surface area contributed by atoms with Crippen molar-refractivity contribution in [3.05, 3.63) is 29.3 Å².